The van der Waals surface area contributed by atoms with Gasteiger partial charge in [-0.1, -0.05) is 0 Å². The molecule has 0 saturated carbocycles. The van der Waals surface area contributed by atoms with Crippen LogP contribution in [0.15, 0.2) is 23.1 Å². The second kappa shape index (κ2) is 3.24. The van der Waals surface area contributed by atoms with Gasteiger partial charge in [-0.2, -0.15) is 13.2 Å². The third-order valence-corrected chi connectivity index (χ3v) is 1.57. The van der Waals surface area contributed by atoms with Crippen molar-refractivity contribution < 1.29 is 13.2 Å². The summed E-state index contributed by atoms with van der Waals surface area (Å²) in [5.41, 5.74) is -2.20. The summed E-state index contributed by atoms with van der Waals surface area (Å²) in [6, 6.07) is 1.93. The number of aromatic nitrogens is 1. The lowest BCUT2D eigenvalue weighted by Crippen LogP contribution is -2.27. The van der Waals surface area contributed by atoms with Gasteiger partial charge in [-0.05, 0) is 19.1 Å². The number of alkyl halides is 3. The average Bonchev–Trinajstić information content (AvgIpc) is 2.02. The Morgan fingerprint density at radius 3 is 2.54 bits per heavy atom. The monoisotopic (exact) mass is 190 g/mol. The van der Waals surface area contributed by atoms with Crippen LogP contribution in [0.4, 0.5) is 13.2 Å². The van der Waals surface area contributed by atoms with E-state index in [4.69, 9.17) is 0 Å². The number of rotatable bonds is 1. The van der Waals surface area contributed by atoms with E-state index in [0.717, 1.165) is 10.6 Å². The molecule has 0 aliphatic heterocycles. The number of halogens is 3. The van der Waals surface area contributed by atoms with E-state index in [2.05, 4.69) is 6.92 Å². The van der Waals surface area contributed by atoms with Gasteiger partial charge in [0.15, 0.2) is 0 Å². The van der Waals surface area contributed by atoms with Crippen molar-refractivity contribution in [1.29, 1.82) is 0 Å². The number of hydrogen-bond donors (Lipinski definition) is 0. The van der Waals surface area contributed by atoms with Crippen molar-refractivity contribution in [3.63, 3.8) is 0 Å². The third-order valence-electron chi connectivity index (χ3n) is 1.57. The molecule has 0 aromatic carbocycles. The molecule has 13 heavy (non-hydrogen) atoms. The molecule has 1 aromatic rings. The van der Waals surface area contributed by atoms with E-state index in [0.29, 0.717) is 0 Å². The first kappa shape index (κ1) is 9.83. The van der Waals surface area contributed by atoms with E-state index in [1.165, 1.54) is 12.3 Å². The highest BCUT2D eigenvalue weighted by Gasteiger charge is 2.33. The maximum absolute atomic E-state index is 12.1. The molecule has 0 aliphatic carbocycles. The lowest BCUT2D eigenvalue weighted by Gasteiger charge is -2.07. The summed E-state index contributed by atoms with van der Waals surface area (Å²) >= 11 is 0. The molecule has 71 valence electrons. The first-order chi connectivity index (χ1) is 5.96. The first-order valence-electron chi connectivity index (χ1n) is 3.52. The van der Waals surface area contributed by atoms with Crippen LogP contribution in [0.3, 0.4) is 0 Å². The van der Waals surface area contributed by atoms with Gasteiger partial charge in [-0.3, -0.25) is 4.79 Å². The fourth-order valence-corrected chi connectivity index (χ4v) is 0.929. The molecule has 0 aliphatic rings. The largest absolute Gasteiger partial charge is 0.421 e. The topological polar surface area (TPSA) is 22.0 Å². The average molecular weight is 190 g/mol. The van der Waals surface area contributed by atoms with Gasteiger partial charge in [0.1, 0.15) is 5.56 Å². The molecule has 0 unspecified atom stereocenters. The van der Waals surface area contributed by atoms with E-state index in [9.17, 15) is 18.0 Å². The van der Waals surface area contributed by atoms with E-state index >= 15 is 0 Å². The molecule has 0 spiro atoms. The molecule has 0 saturated heterocycles. The highest BCUT2D eigenvalue weighted by molar-refractivity contribution is 5.13. The Balaban J connectivity index is 3.33. The van der Waals surface area contributed by atoms with Crippen LogP contribution in [0.1, 0.15) is 5.56 Å². The lowest BCUT2D eigenvalue weighted by molar-refractivity contribution is -0.138. The Labute approximate surface area is 72.6 Å². The minimum absolute atomic E-state index is 0.0112. The summed E-state index contributed by atoms with van der Waals surface area (Å²) in [4.78, 5) is 11.0. The quantitative estimate of drug-likeness (QED) is 0.660. The Morgan fingerprint density at radius 1 is 1.46 bits per heavy atom. The Bertz CT molecular complexity index is 353. The highest BCUT2D eigenvalue weighted by Crippen LogP contribution is 2.25. The molecule has 5 heteroatoms. The van der Waals surface area contributed by atoms with Crippen molar-refractivity contribution in [3.05, 3.63) is 41.2 Å². The second-order valence-corrected chi connectivity index (χ2v) is 2.42. The molecule has 1 radical (unpaired) electrons. The van der Waals surface area contributed by atoms with E-state index in [1.54, 1.807) is 0 Å². The minimum atomic E-state index is -4.59. The van der Waals surface area contributed by atoms with Crippen molar-refractivity contribution >= 4 is 0 Å². The molecular weight excluding hydrogens is 183 g/mol. The zero-order chi connectivity index (χ0) is 10.1. The van der Waals surface area contributed by atoms with Crippen molar-refractivity contribution in [2.75, 3.05) is 0 Å². The molecule has 1 aromatic heterocycles. The van der Waals surface area contributed by atoms with Crippen LogP contribution in [-0.2, 0) is 12.7 Å². The van der Waals surface area contributed by atoms with Crippen LogP contribution in [0.5, 0.6) is 0 Å². The van der Waals surface area contributed by atoms with Crippen LogP contribution >= 0.6 is 0 Å². The highest BCUT2D eigenvalue weighted by atomic mass is 19.4. The summed E-state index contributed by atoms with van der Waals surface area (Å²) in [5.74, 6) is 0. The van der Waals surface area contributed by atoms with Gasteiger partial charge in [0.2, 0.25) is 0 Å². The predicted molar refractivity (Wildman–Crippen MR) is 41.1 cm³/mol. The van der Waals surface area contributed by atoms with Gasteiger partial charge >= 0.3 is 6.18 Å². The number of nitrogens with zero attached hydrogens (tertiary/aromatic N) is 1. The summed E-state index contributed by atoms with van der Waals surface area (Å²) in [6.07, 6.45) is -3.32. The maximum atomic E-state index is 12.1. The standard InChI is InChI=1S/C8H7F3NO/c1-2-12-5-3-4-6(7(12)13)8(9,10)11/h3-5H,1-2H2. The van der Waals surface area contributed by atoms with Gasteiger partial charge in [0, 0.05) is 12.7 Å². The molecular formula is C8H7F3NO. The van der Waals surface area contributed by atoms with Gasteiger partial charge in [0.05, 0.1) is 0 Å². The molecule has 1 heterocycles. The molecule has 0 atom stereocenters. The Morgan fingerprint density at radius 2 is 2.08 bits per heavy atom. The van der Waals surface area contributed by atoms with Crippen LogP contribution in [0.2, 0.25) is 0 Å². The van der Waals surface area contributed by atoms with Gasteiger partial charge in [-0.15, -0.1) is 0 Å². The van der Waals surface area contributed by atoms with Gasteiger partial charge in [0.25, 0.3) is 5.56 Å². The van der Waals surface area contributed by atoms with Crippen LogP contribution in [-0.4, -0.2) is 4.57 Å². The smallest absolute Gasteiger partial charge is 0.315 e. The summed E-state index contributed by atoms with van der Waals surface area (Å²) in [5, 5.41) is 0. The molecule has 1 rings (SSSR count). The first-order valence-corrected chi connectivity index (χ1v) is 3.52. The predicted octanol–water partition coefficient (Wildman–Crippen LogP) is 1.70. The van der Waals surface area contributed by atoms with Crippen LogP contribution in [0.25, 0.3) is 0 Å². The molecule has 0 amide bonds. The Kier molecular flexibility index (Phi) is 2.45. The van der Waals surface area contributed by atoms with Crippen molar-refractivity contribution in [1.82, 2.24) is 4.57 Å². The van der Waals surface area contributed by atoms with Crippen molar-refractivity contribution in [3.8, 4) is 0 Å². The summed E-state index contributed by atoms with van der Waals surface area (Å²) < 4.78 is 37.3. The fraction of sp³-hybridized carbons (Fsp3) is 0.250. The molecule has 0 N–H and O–H groups in total. The Hall–Kier alpha value is -1.26. The SMILES string of the molecule is [CH2]Cn1cccc(C(F)(F)F)c1=O. The third kappa shape index (κ3) is 1.91. The zero-order valence-electron chi connectivity index (χ0n) is 6.64. The van der Waals surface area contributed by atoms with E-state index in [1.807, 2.05) is 0 Å². The van der Waals surface area contributed by atoms with E-state index in [-0.39, 0.29) is 6.54 Å². The van der Waals surface area contributed by atoms with E-state index < -0.39 is 17.3 Å². The normalized spacial score (nSPS) is 11.7. The maximum Gasteiger partial charge on any atom is 0.421 e. The molecule has 0 fully saturated rings. The zero-order valence-corrected chi connectivity index (χ0v) is 6.64. The van der Waals surface area contributed by atoms with Crippen molar-refractivity contribution in [2.24, 2.45) is 0 Å². The minimum Gasteiger partial charge on any atom is -0.315 e. The van der Waals surface area contributed by atoms with Crippen LogP contribution in [0, 0.1) is 6.92 Å². The van der Waals surface area contributed by atoms with Gasteiger partial charge < -0.3 is 4.57 Å². The molecule has 2 nitrogen and oxygen atoms in total. The lowest BCUT2D eigenvalue weighted by atomic mass is 10.2. The number of hydrogen-bond acceptors (Lipinski definition) is 1. The van der Waals surface area contributed by atoms with Gasteiger partial charge in [-0.25, -0.2) is 0 Å². The van der Waals surface area contributed by atoms with Crippen molar-refractivity contribution in [2.45, 2.75) is 12.7 Å². The number of pyridine rings is 1. The molecule has 0 bridgehead atoms. The summed E-state index contributed by atoms with van der Waals surface area (Å²) in [6.45, 7) is 3.32. The fourth-order valence-electron chi connectivity index (χ4n) is 0.929. The second-order valence-electron chi connectivity index (χ2n) is 2.42. The van der Waals surface area contributed by atoms with Crippen LogP contribution < -0.4 is 5.56 Å². The summed E-state index contributed by atoms with van der Waals surface area (Å²) in [7, 11) is 0.